The summed E-state index contributed by atoms with van der Waals surface area (Å²) in [5.41, 5.74) is -0.552. The molecule has 0 radical (unpaired) electrons. The molecule has 2 rings (SSSR count). The summed E-state index contributed by atoms with van der Waals surface area (Å²) in [5.74, 6) is 0.449. The topological polar surface area (TPSA) is 58.6 Å². The van der Waals surface area contributed by atoms with Crippen LogP contribution in [-0.4, -0.2) is 41.1 Å². The third-order valence-corrected chi connectivity index (χ3v) is 4.50. The van der Waals surface area contributed by atoms with Gasteiger partial charge in [-0.15, -0.1) is 0 Å². The van der Waals surface area contributed by atoms with Gasteiger partial charge in [-0.05, 0) is 39.0 Å². The molecule has 21 heavy (non-hydrogen) atoms. The van der Waals surface area contributed by atoms with Crippen LogP contribution in [0.4, 0.5) is 0 Å². The summed E-state index contributed by atoms with van der Waals surface area (Å²) in [6, 6.07) is -0.414. The Hall–Kier alpha value is -1.10. The van der Waals surface area contributed by atoms with Crippen LogP contribution in [0.25, 0.3) is 0 Å². The molecule has 1 aliphatic carbocycles. The lowest BCUT2D eigenvalue weighted by molar-refractivity contribution is -0.162. The van der Waals surface area contributed by atoms with Crippen LogP contribution in [0.15, 0.2) is 0 Å². The van der Waals surface area contributed by atoms with Gasteiger partial charge in [-0.3, -0.25) is 14.5 Å². The first-order valence-electron chi connectivity index (χ1n) is 8.16. The van der Waals surface area contributed by atoms with Gasteiger partial charge in [0.05, 0.1) is 6.61 Å². The maximum atomic E-state index is 12.5. The molecule has 1 saturated carbocycles. The maximum absolute atomic E-state index is 12.5. The lowest BCUT2D eigenvalue weighted by Gasteiger charge is -2.43. The summed E-state index contributed by atoms with van der Waals surface area (Å²) in [6.07, 6.45) is 4.30. The molecule has 1 N–H and O–H groups in total. The molecule has 0 aromatic heterocycles. The fourth-order valence-electron chi connectivity index (χ4n) is 3.63. The largest absolute Gasteiger partial charge is 0.353 e. The Bertz CT molecular complexity index is 408. The van der Waals surface area contributed by atoms with E-state index in [-0.39, 0.29) is 17.9 Å². The second kappa shape index (κ2) is 6.34. The number of hydrogen-bond acceptors (Lipinski definition) is 3. The number of nitrogens with one attached hydrogen (secondary N) is 1. The molecule has 2 aliphatic rings. The van der Waals surface area contributed by atoms with Crippen LogP contribution in [0.2, 0.25) is 0 Å². The van der Waals surface area contributed by atoms with Crippen molar-refractivity contribution in [3.8, 4) is 0 Å². The van der Waals surface area contributed by atoms with E-state index in [1.54, 1.807) is 4.90 Å². The maximum Gasteiger partial charge on any atom is 0.245 e. The van der Waals surface area contributed by atoms with Gasteiger partial charge in [0.15, 0.2) is 0 Å². The van der Waals surface area contributed by atoms with E-state index in [9.17, 15) is 9.59 Å². The smallest absolute Gasteiger partial charge is 0.245 e. The summed E-state index contributed by atoms with van der Waals surface area (Å²) in [6.45, 7) is 8.21. The molecule has 0 aromatic rings. The predicted octanol–water partition coefficient (Wildman–Crippen LogP) is 2.05. The number of ether oxygens (including phenoxy) is 1. The minimum Gasteiger partial charge on any atom is -0.353 e. The molecule has 120 valence electrons. The van der Waals surface area contributed by atoms with E-state index in [0.717, 1.165) is 19.3 Å². The summed E-state index contributed by atoms with van der Waals surface area (Å²) in [4.78, 5) is 26.6. The van der Waals surface area contributed by atoms with Crippen molar-refractivity contribution in [2.24, 2.45) is 5.92 Å². The SMILES string of the molecule is CCC(=O)N1[C@H](C(=O)NC(C)C)CO[C@]12CCC[C@H](C)C2. The molecular formula is C16H28N2O3. The first kappa shape index (κ1) is 16.3. The van der Waals surface area contributed by atoms with Gasteiger partial charge in [-0.2, -0.15) is 0 Å². The highest BCUT2D eigenvalue weighted by molar-refractivity contribution is 5.88. The summed E-state index contributed by atoms with van der Waals surface area (Å²) < 4.78 is 6.05. The van der Waals surface area contributed by atoms with Crippen LogP contribution in [0.5, 0.6) is 0 Å². The quantitative estimate of drug-likeness (QED) is 0.867. The second-order valence-corrected chi connectivity index (χ2v) is 6.76. The molecule has 2 amide bonds. The summed E-state index contributed by atoms with van der Waals surface area (Å²) in [7, 11) is 0. The van der Waals surface area contributed by atoms with Gasteiger partial charge in [0.25, 0.3) is 0 Å². The third-order valence-electron chi connectivity index (χ3n) is 4.50. The van der Waals surface area contributed by atoms with Crippen LogP contribution in [0, 0.1) is 5.92 Å². The average molecular weight is 296 g/mol. The second-order valence-electron chi connectivity index (χ2n) is 6.76. The zero-order chi connectivity index (χ0) is 15.6. The Morgan fingerprint density at radius 3 is 2.71 bits per heavy atom. The third kappa shape index (κ3) is 3.23. The van der Waals surface area contributed by atoms with Crippen LogP contribution in [0.3, 0.4) is 0 Å². The van der Waals surface area contributed by atoms with Gasteiger partial charge < -0.3 is 10.1 Å². The average Bonchev–Trinajstić information content (AvgIpc) is 2.75. The van der Waals surface area contributed by atoms with E-state index in [0.29, 0.717) is 18.9 Å². The molecule has 1 heterocycles. The lowest BCUT2D eigenvalue weighted by Crippen LogP contribution is -2.57. The van der Waals surface area contributed by atoms with E-state index in [2.05, 4.69) is 12.2 Å². The van der Waals surface area contributed by atoms with Gasteiger partial charge in [0.2, 0.25) is 11.8 Å². The van der Waals surface area contributed by atoms with Crippen LogP contribution in [0.1, 0.15) is 59.8 Å². The van der Waals surface area contributed by atoms with Gasteiger partial charge in [-0.1, -0.05) is 20.3 Å². The monoisotopic (exact) mass is 296 g/mol. The molecule has 1 saturated heterocycles. The standard InChI is InChI=1S/C16H28N2O3/c1-5-14(19)18-13(15(20)17-11(2)3)10-21-16(18)8-6-7-12(4)9-16/h11-13H,5-10H2,1-4H3,(H,17,20)/t12-,13-,16-/m0/s1. The fourth-order valence-corrected chi connectivity index (χ4v) is 3.63. The van der Waals surface area contributed by atoms with Crippen molar-refractivity contribution in [1.82, 2.24) is 10.2 Å². The van der Waals surface area contributed by atoms with Crippen molar-refractivity contribution in [1.29, 1.82) is 0 Å². The predicted molar refractivity (Wildman–Crippen MR) is 80.5 cm³/mol. The van der Waals surface area contributed by atoms with Gasteiger partial charge in [0.1, 0.15) is 11.8 Å². The molecule has 0 aromatic carbocycles. The highest BCUT2D eigenvalue weighted by Crippen LogP contribution is 2.42. The molecule has 2 fully saturated rings. The Morgan fingerprint density at radius 2 is 2.14 bits per heavy atom. The van der Waals surface area contributed by atoms with Crippen LogP contribution >= 0.6 is 0 Å². The van der Waals surface area contributed by atoms with Crippen molar-refractivity contribution in [3.05, 3.63) is 0 Å². The molecule has 3 atom stereocenters. The first-order valence-corrected chi connectivity index (χ1v) is 8.16. The fraction of sp³-hybridized carbons (Fsp3) is 0.875. The molecular weight excluding hydrogens is 268 g/mol. The molecule has 5 nitrogen and oxygen atoms in total. The van der Waals surface area contributed by atoms with Crippen molar-refractivity contribution in [3.63, 3.8) is 0 Å². The Balaban J connectivity index is 2.23. The summed E-state index contributed by atoms with van der Waals surface area (Å²) >= 11 is 0. The van der Waals surface area contributed by atoms with Crippen LogP contribution < -0.4 is 5.32 Å². The van der Waals surface area contributed by atoms with Crippen LogP contribution in [-0.2, 0) is 14.3 Å². The molecule has 1 spiro atoms. The number of rotatable bonds is 3. The lowest BCUT2D eigenvalue weighted by atomic mass is 9.83. The first-order chi connectivity index (χ1) is 9.89. The van der Waals surface area contributed by atoms with Crippen molar-refractivity contribution >= 4 is 11.8 Å². The van der Waals surface area contributed by atoms with Gasteiger partial charge in [-0.25, -0.2) is 0 Å². The van der Waals surface area contributed by atoms with Gasteiger partial charge >= 0.3 is 0 Å². The number of amides is 2. The Morgan fingerprint density at radius 1 is 1.43 bits per heavy atom. The highest BCUT2D eigenvalue weighted by Gasteiger charge is 2.53. The highest BCUT2D eigenvalue weighted by atomic mass is 16.5. The molecule has 0 unspecified atom stereocenters. The zero-order valence-corrected chi connectivity index (χ0v) is 13.6. The number of nitrogens with zero attached hydrogens (tertiary/aromatic N) is 1. The van der Waals surface area contributed by atoms with E-state index >= 15 is 0 Å². The van der Waals surface area contributed by atoms with E-state index in [1.165, 1.54) is 6.42 Å². The van der Waals surface area contributed by atoms with E-state index < -0.39 is 11.8 Å². The van der Waals surface area contributed by atoms with Crippen molar-refractivity contribution < 1.29 is 14.3 Å². The summed E-state index contributed by atoms with van der Waals surface area (Å²) in [5, 5.41) is 2.91. The zero-order valence-electron chi connectivity index (χ0n) is 13.6. The minimum absolute atomic E-state index is 0.0190. The molecule has 1 aliphatic heterocycles. The van der Waals surface area contributed by atoms with Crippen molar-refractivity contribution in [2.45, 2.75) is 77.6 Å². The Labute approximate surface area is 127 Å². The Kier molecular flexibility index (Phi) is 4.91. The molecule has 0 bridgehead atoms. The number of carbonyl (C=O) groups excluding carboxylic acids is 2. The minimum atomic E-state index is -0.552. The van der Waals surface area contributed by atoms with Crippen molar-refractivity contribution in [2.75, 3.05) is 6.61 Å². The van der Waals surface area contributed by atoms with Gasteiger partial charge in [0, 0.05) is 12.5 Å². The number of carbonyl (C=O) groups is 2. The number of hydrogen-bond donors (Lipinski definition) is 1. The van der Waals surface area contributed by atoms with E-state index in [1.807, 2.05) is 20.8 Å². The van der Waals surface area contributed by atoms with E-state index in [4.69, 9.17) is 4.74 Å². The normalized spacial score (nSPS) is 32.7. The molecule has 5 heteroatoms.